The van der Waals surface area contributed by atoms with Gasteiger partial charge >= 0.3 is 0 Å². The average Bonchev–Trinajstić information content (AvgIpc) is 2.80. The molecule has 2 rings (SSSR count). The van der Waals surface area contributed by atoms with Crippen LogP contribution in [-0.4, -0.2) is 20.8 Å². The predicted octanol–water partition coefficient (Wildman–Crippen LogP) is 3.21. The molecule has 0 fully saturated rings. The molecule has 0 atom stereocenters. The van der Waals surface area contributed by atoms with E-state index in [2.05, 4.69) is 10.3 Å². The van der Waals surface area contributed by atoms with Crippen LogP contribution in [0.25, 0.3) is 5.69 Å². The van der Waals surface area contributed by atoms with Crippen LogP contribution >= 0.6 is 11.6 Å². The number of hydrogen-bond donors (Lipinski definition) is 0. The smallest absolute Gasteiger partial charge is 0.184 e. The Bertz CT molecular complexity index is 604. The van der Waals surface area contributed by atoms with Gasteiger partial charge in [0.25, 0.3) is 0 Å². The molecule has 0 bridgehead atoms. The predicted molar refractivity (Wildman–Crippen MR) is 70.3 cm³/mol. The van der Waals surface area contributed by atoms with Crippen molar-refractivity contribution in [2.45, 2.75) is 26.7 Å². The maximum absolute atomic E-state index is 13.4. The van der Waals surface area contributed by atoms with E-state index in [-0.39, 0.29) is 10.8 Å². The summed E-state index contributed by atoms with van der Waals surface area (Å²) in [6, 6.07) is 4.10. The van der Waals surface area contributed by atoms with Crippen LogP contribution in [0.2, 0.25) is 5.02 Å². The van der Waals surface area contributed by atoms with Crippen LogP contribution in [-0.2, 0) is 6.42 Å². The molecular weight excluding hydrogens is 269 g/mol. The van der Waals surface area contributed by atoms with Gasteiger partial charge in [0.2, 0.25) is 0 Å². The highest BCUT2D eigenvalue weighted by atomic mass is 35.5. The highest BCUT2D eigenvalue weighted by Crippen LogP contribution is 2.20. The zero-order valence-corrected chi connectivity index (χ0v) is 11.4. The van der Waals surface area contributed by atoms with Gasteiger partial charge in [-0.2, -0.15) is 0 Å². The lowest BCUT2D eigenvalue weighted by molar-refractivity contribution is 0.0982. The van der Waals surface area contributed by atoms with Gasteiger partial charge in [-0.1, -0.05) is 30.7 Å². The van der Waals surface area contributed by atoms with Crippen LogP contribution in [0.4, 0.5) is 4.39 Å². The monoisotopic (exact) mass is 281 g/mol. The Morgan fingerprint density at radius 3 is 2.68 bits per heavy atom. The number of carbonyl (C=O) groups excluding carboxylic acids is 1. The molecule has 6 heteroatoms. The van der Waals surface area contributed by atoms with E-state index in [0.717, 1.165) is 0 Å². The molecule has 0 saturated heterocycles. The zero-order valence-electron chi connectivity index (χ0n) is 10.7. The van der Waals surface area contributed by atoms with Gasteiger partial charge < -0.3 is 0 Å². The minimum Gasteiger partial charge on any atom is -0.292 e. The van der Waals surface area contributed by atoms with Gasteiger partial charge in [0, 0.05) is 11.4 Å². The summed E-state index contributed by atoms with van der Waals surface area (Å²) in [5.41, 5.74) is 1.46. The molecule has 0 amide bonds. The van der Waals surface area contributed by atoms with Crippen LogP contribution in [0.5, 0.6) is 0 Å². The molecular formula is C13H13ClFN3O. The first-order chi connectivity index (χ1) is 9.06. The second-order valence-electron chi connectivity index (χ2n) is 4.05. The molecule has 0 unspecified atom stereocenters. The molecule has 0 saturated carbocycles. The molecule has 4 nitrogen and oxygen atoms in total. The molecule has 1 aromatic heterocycles. The van der Waals surface area contributed by atoms with E-state index in [9.17, 15) is 9.18 Å². The fourth-order valence-electron chi connectivity index (χ4n) is 1.87. The Kier molecular flexibility index (Phi) is 3.95. The Morgan fingerprint density at radius 1 is 1.37 bits per heavy atom. The Hall–Kier alpha value is -1.75. The first kappa shape index (κ1) is 13.7. The molecule has 0 aliphatic rings. The quantitative estimate of drug-likeness (QED) is 0.809. The molecule has 100 valence electrons. The third kappa shape index (κ3) is 2.66. The SMILES string of the molecule is CCC(=O)c1nnn(-c2cc(F)cc(Cl)c2)c1CC. The lowest BCUT2D eigenvalue weighted by Crippen LogP contribution is -2.06. The van der Waals surface area contributed by atoms with Crippen molar-refractivity contribution in [1.29, 1.82) is 0 Å². The summed E-state index contributed by atoms with van der Waals surface area (Å²) in [7, 11) is 0. The van der Waals surface area contributed by atoms with Crippen molar-refractivity contribution in [1.82, 2.24) is 15.0 Å². The zero-order chi connectivity index (χ0) is 14.0. The third-order valence-electron chi connectivity index (χ3n) is 2.78. The number of aromatic nitrogens is 3. The highest BCUT2D eigenvalue weighted by molar-refractivity contribution is 6.30. The van der Waals surface area contributed by atoms with Gasteiger partial charge in [0.1, 0.15) is 5.82 Å². The van der Waals surface area contributed by atoms with Crippen LogP contribution in [0.1, 0.15) is 36.5 Å². The van der Waals surface area contributed by atoms with Crippen molar-refractivity contribution >= 4 is 17.4 Å². The largest absolute Gasteiger partial charge is 0.292 e. The van der Waals surface area contributed by atoms with E-state index in [0.29, 0.717) is 29.9 Å². The number of nitrogens with zero attached hydrogens (tertiary/aromatic N) is 3. The van der Waals surface area contributed by atoms with Gasteiger partial charge in [0.05, 0.1) is 11.4 Å². The van der Waals surface area contributed by atoms with Gasteiger partial charge in [0.15, 0.2) is 11.5 Å². The van der Waals surface area contributed by atoms with Gasteiger partial charge in [-0.25, -0.2) is 9.07 Å². The topological polar surface area (TPSA) is 47.8 Å². The first-order valence-electron chi connectivity index (χ1n) is 6.01. The first-order valence-corrected chi connectivity index (χ1v) is 6.38. The lowest BCUT2D eigenvalue weighted by atomic mass is 10.1. The highest BCUT2D eigenvalue weighted by Gasteiger charge is 2.18. The number of Topliss-reactive ketones (excluding diaryl/α,β-unsaturated/α-hetero) is 1. The number of ketones is 1. The second-order valence-corrected chi connectivity index (χ2v) is 4.49. The maximum Gasteiger partial charge on any atom is 0.184 e. The van der Waals surface area contributed by atoms with E-state index in [4.69, 9.17) is 11.6 Å². The second kappa shape index (κ2) is 5.48. The molecule has 0 spiro atoms. The fraction of sp³-hybridized carbons (Fsp3) is 0.308. The Morgan fingerprint density at radius 2 is 2.11 bits per heavy atom. The number of benzene rings is 1. The van der Waals surface area contributed by atoms with Crippen molar-refractivity contribution in [2.24, 2.45) is 0 Å². The summed E-state index contributed by atoms with van der Waals surface area (Å²) in [4.78, 5) is 11.8. The van der Waals surface area contributed by atoms with Gasteiger partial charge in [-0.15, -0.1) is 5.10 Å². The van der Waals surface area contributed by atoms with E-state index in [1.807, 2.05) is 6.92 Å². The minimum atomic E-state index is -0.455. The lowest BCUT2D eigenvalue weighted by Gasteiger charge is -2.06. The van der Waals surface area contributed by atoms with Gasteiger partial charge in [-0.3, -0.25) is 4.79 Å². The van der Waals surface area contributed by atoms with Crippen molar-refractivity contribution < 1.29 is 9.18 Å². The van der Waals surface area contributed by atoms with Crippen LogP contribution in [0.3, 0.4) is 0 Å². The number of rotatable bonds is 4. The minimum absolute atomic E-state index is 0.0781. The maximum atomic E-state index is 13.4. The van der Waals surface area contributed by atoms with Crippen molar-refractivity contribution in [3.8, 4) is 5.69 Å². The summed E-state index contributed by atoms with van der Waals surface area (Å²) >= 11 is 5.82. The molecule has 1 aromatic carbocycles. The van der Waals surface area contributed by atoms with Gasteiger partial charge in [-0.05, 0) is 24.6 Å². The van der Waals surface area contributed by atoms with Crippen LogP contribution in [0, 0.1) is 5.82 Å². The van der Waals surface area contributed by atoms with Crippen LogP contribution < -0.4 is 0 Å². The molecule has 2 aromatic rings. The summed E-state index contributed by atoms with van der Waals surface area (Å²) in [5.74, 6) is -0.533. The van der Waals surface area contributed by atoms with E-state index in [1.54, 1.807) is 13.0 Å². The Labute approximate surface area is 115 Å². The molecule has 0 aliphatic carbocycles. The van der Waals surface area contributed by atoms with E-state index >= 15 is 0 Å². The van der Waals surface area contributed by atoms with Crippen molar-refractivity contribution in [3.63, 3.8) is 0 Å². The summed E-state index contributed by atoms with van der Waals surface area (Å²) in [6.45, 7) is 3.66. The summed E-state index contributed by atoms with van der Waals surface area (Å²) in [6.07, 6.45) is 0.928. The average molecular weight is 282 g/mol. The number of carbonyl (C=O) groups is 1. The molecule has 0 aliphatic heterocycles. The molecule has 19 heavy (non-hydrogen) atoms. The normalized spacial score (nSPS) is 10.7. The summed E-state index contributed by atoms with van der Waals surface area (Å²) < 4.78 is 14.8. The molecule has 0 N–H and O–H groups in total. The summed E-state index contributed by atoms with van der Waals surface area (Å²) in [5, 5.41) is 8.09. The molecule has 0 radical (unpaired) electrons. The van der Waals surface area contributed by atoms with E-state index in [1.165, 1.54) is 16.8 Å². The van der Waals surface area contributed by atoms with Crippen molar-refractivity contribution in [3.05, 3.63) is 40.4 Å². The standard InChI is InChI=1S/C13H13ClFN3O/c1-3-11-13(12(19)4-2)16-17-18(11)10-6-8(14)5-9(15)7-10/h5-7H,3-4H2,1-2H3. The van der Waals surface area contributed by atoms with Crippen LogP contribution in [0.15, 0.2) is 18.2 Å². The van der Waals surface area contributed by atoms with E-state index < -0.39 is 5.82 Å². The Balaban J connectivity index is 2.56. The molecule has 1 heterocycles. The van der Waals surface area contributed by atoms with Crippen molar-refractivity contribution in [2.75, 3.05) is 0 Å². The number of hydrogen-bond acceptors (Lipinski definition) is 3. The fourth-order valence-corrected chi connectivity index (χ4v) is 2.09. The number of halogens is 2. The third-order valence-corrected chi connectivity index (χ3v) is 2.99.